The lowest BCUT2D eigenvalue weighted by Gasteiger charge is -2.06. The predicted octanol–water partition coefficient (Wildman–Crippen LogP) is 3.62. The lowest BCUT2D eigenvalue weighted by molar-refractivity contribution is 0.628. The van der Waals surface area contributed by atoms with Crippen LogP contribution in [0.2, 0.25) is 0 Å². The third kappa shape index (κ3) is 2.10. The Bertz CT molecular complexity index is 833. The van der Waals surface area contributed by atoms with Gasteiger partial charge in [0.15, 0.2) is 5.69 Å². The van der Waals surface area contributed by atoms with E-state index in [1.807, 2.05) is 25.1 Å². The molecule has 0 saturated carbocycles. The summed E-state index contributed by atoms with van der Waals surface area (Å²) < 4.78 is 13.0. The van der Waals surface area contributed by atoms with E-state index in [1.165, 1.54) is 12.1 Å². The van der Waals surface area contributed by atoms with Crippen LogP contribution in [0.5, 0.6) is 0 Å². The van der Waals surface area contributed by atoms with Gasteiger partial charge in [0.1, 0.15) is 17.6 Å². The van der Waals surface area contributed by atoms with Gasteiger partial charge in [-0.2, -0.15) is 5.26 Å². The van der Waals surface area contributed by atoms with Gasteiger partial charge in [0.25, 0.3) is 0 Å². The minimum Gasteiger partial charge on any atom is -0.243 e. The number of aromatic nitrogens is 2. The number of nitriles is 1. The van der Waals surface area contributed by atoms with Crippen molar-refractivity contribution in [1.29, 1.82) is 5.26 Å². The molecule has 0 amide bonds. The van der Waals surface area contributed by atoms with Crippen LogP contribution in [0.4, 0.5) is 4.39 Å². The molecule has 0 fully saturated rings. The molecular weight excluding hydrogens is 253 g/mol. The summed E-state index contributed by atoms with van der Waals surface area (Å²) in [5.74, 6) is -0.323. The molecule has 0 aliphatic carbocycles. The molecule has 0 atom stereocenters. The van der Waals surface area contributed by atoms with Crippen molar-refractivity contribution < 1.29 is 4.39 Å². The quantitative estimate of drug-likeness (QED) is 0.673. The van der Waals surface area contributed by atoms with Gasteiger partial charge in [-0.1, -0.05) is 6.07 Å². The molecule has 1 heterocycles. The van der Waals surface area contributed by atoms with E-state index in [0.717, 1.165) is 5.56 Å². The molecule has 3 nitrogen and oxygen atoms in total. The molecule has 20 heavy (non-hydrogen) atoms. The van der Waals surface area contributed by atoms with Crippen LogP contribution in [0, 0.1) is 24.1 Å². The van der Waals surface area contributed by atoms with Crippen molar-refractivity contribution >= 4 is 11.0 Å². The van der Waals surface area contributed by atoms with Crippen molar-refractivity contribution in [2.24, 2.45) is 0 Å². The fourth-order valence-corrected chi connectivity index (χ4v) is 2.05. The molecule has 0 radical (unpaired) electrons. The molecule has 0 bridgehead atoms. The SMILES string of the molecule is Cc1ccc2nc(-c3ccc(F)cc3)c(C#N)nc2c1. The van der Waals surface area contributed by atoms with Gasteiger partial charge in [-0.25, -0.2) is 14.4 Å². The number of nitrogens with zero attached hydrogens (tertiary/aromatic N) is 3. The van der Waals surface area contributed by atoms with Crippen LogP contribution in [0.1, 0.15) is 11.3 Å². The second-order valence-corrected chi connectivity index (χ2v) is 4.53. The Labute approximate surface area is 115 Å². The van der Waals surface area contributed by atoms with E-state index in [-0.39, 0.29) is 11.5 Å². The molecular formula is C16H10FN3. The van der Waals surface area contributed by atoms with E-state index < -0.39 is 0 Å². The average molecular weight is 263 g/mol. The summed E-state index contributed by atoms with van der Waals surface area (Å²) in [5, 5.41) is 9.24. The van der Waals surface area contributed by atoms with Crippen molar-refractivity contribution in [3.63, 3.8) is 0 Å². The van der Waals surface area contributed by atoms with Crippen LogP contribution in [0.15, 0.2) is 42.5 Å². The van der Waals surface area contributed by atoms with E-state index in [0.29, 0.717) is 22.3 Å². The van der Waals surface area contributed by atoms with Gasteiger partial charge in [-0.15, -0.1) is 0 Å². The van der Waals surface area contributed by atoms with Gasteiger partial charge >= 0.3 is 0 Å². The van der Waals surface area contributed by atoms with Crippen LogP contribution in [-0.4, -0.2) is 9.97 Å². The zero-order valence-corrected chi connectivity index (χ0v) is 10.8. The third-order valence-electron chi connectivity index (χ3n) is 3.04. The summed E-state index contributed by atoms with van der Waals surface area (Å²) in [5.41, 5.74) is 3.86. The molecule has 0 aliphatic rings. The molecule has 1 aromatic heterocycles. The lowest BCUT2D eigenvalue weighted by atomic mass is 10.1. The number of halogens is 1. The molecule has 96 valence electrons. The maximum atomic E-state index is 13.0. The number of hydrogen-bond donors (Lipinski definition) is 0. The van der Waals surface area contributed by atoms with Gasteiger partial charge in [-0.3, -0.25) is 0 Å². The van der Waals surface area contributed by atoms with E-state index in [4.69, 9.17) is 0 Å². The Morgan fingerprint density at radius 1 is 1.00 bits per heavy atom. The molecule has 0 saturated heterocycles. The Morgan fingerprint density at radius 2 is 1.75 bits per heavy atom. The predicted molar refractivity (Wildman–Crippen MR) is 74.4 cm³/mol. The highest BCUT2D eigenvalue weighted by Gasteiger charge is 2.10. The summed E-state index contributed by atoms with van der Waals surface area (Å²) in [7, 11) is 0. The summed E-state index contributed by atoms with van der Waals surface area (Å²) in [6.45, 7) is 1.96. The van der Waals surface area contributed by atoms with Crippen molar-refractivity contribution in [3.8, 4) is 17.3 Å². The smallest absolute Gasteiger partial charge is 0.167 e. The Morgan fingerprint density at radius 3 is 2.45 bits per heavy atom. The Hall–Kier alpha value is -2.80. The molecule has 0 unspecified atom stereocenters. The number of fused-ring (bicyclic) bond motifs is 1. The van der Waals surface area contributed by atoms with Gasteiger partial charge in [0.2, 0.25) is 0 Å². The highest BCUT2D eigenvalue weighted by Crippen LogP contribution is 2.23. The van der Waals surface area contributed by atoms with Crippen LogP contribution < -0.4 is 0 Å². The van der Waals surface area contributed by atoms with E-state index in [9.17, 15) is 9.65 Å². The third-order valence-corrected chi connectivity index (χ3v) is 3.04. The zero-order valence-electron chi connectivity index (χ0n) is 10.8. The van der Waals surface area contributed by atoms with Crippen LogP contribution in [0.3, 0.4) is 0 Å². The number of rotatable bonds is 1. The van der Waals surface area contributed by atoms with E-state index >= 15 is 0 Å². The lowest BCUT2D eigenvalue weighted by Crippen LogP contribution is -1.95. The minimum atomic E-state index is -0.323. The number of benzene rings is 2. The highest BCUT2D eigenvalue weighted by molar-refractivity contribution is 5.80. The van der Waals surface area contributed by atoms with Gasteiger partial charge in [0.05, 0.1) is 11.0 Å². The van der Waals surface area contributed by atoms with Crippen molar-refractivity contribution in [2.45, 2.75) is 6.92 Å². The first-order valence-electron chi connectivity index (χ1n) is 6.12. The number of aryl methyl sites for hydroxylation is 1. The monoisotopic (exact) mass is 263 g/mol. The largest absolute Gasteiger partial charge is 0.243 e. The number of hydrogen-bond acceptors (Lipinski definition) is 3. The van der Waals surface area contributed by atoms with E-state index in [2.05, 4.69) is 16.0 Å². The summed E-state index contributed by atoms with van der Waals surface area (Å²) in [6, 6.07) is 13.6. The van der Waals surface area contributed by atoms with Crippen molar-refractivity contribution in [3.05, 3.63) is 59.5 Å². The first-order valence-corrected chi connectivity index (χ1v) is 6.12. The zero-order chi connectivity index (χ0) is 14.1. The molecule has 3 aromatic rings. The van der Waals surface area contributed by atoms with Crippen molar-refractivity contribution in [1.82, 2.24) is 9.97 Å². The second kappa shape index (κ2) is 4.71. The highest BCUT2D eigenvalue weighted by atomic mass is 19.1. The van der Waals surface area contributed by atoms with Crippen LogP contribution in [0.25, 0.3) is 22.3 Å². The molecule has 3 rings (SSSR count). The molecule has 2 aromatic carbocycles. The minimum absolute atomic E-state index is 0.245. The van der Waals surface area contributed by atoms with Crippen LogP contribution in [-0.2, 0) is 0 Å². The maximum Gasteiger partial charge on any atom is 0.167 e. The van der Waals surface area contributed by atoms with E-state index in [1.54, 1.807) is 12.1 Å². The molecule has 4 heteroatoms. The van der Waals surface area contributed by atoms with Gasteiger partial charge in [-0.05, 0) is 48.9 Å². The van der Waals surface area contributed by atoms with Crippen LogP contribution >= 0.6 is 0 Å². The molecule has 0 aliphatic heterocycles. The van der Waals surface area contributed by atoms with Gasteiger partial charge in [0, 0.05) is 5.56 Å². The topological polar surface area (TPSA) is 49.6 Å². The fraction of sp³-hybridized carbons (Fsp3) is 0.0625. The fourth-order valence-electron chi connectivity index (χ4n) is 2.05. The average Bonchev–Trinajstić information content (AvgIpc) is 2.46. The maximum absolute atomic E-state index is 13.0. The Balaban J connectivity index is 2.27. The Kier molecular flexibility index (Phi) is 2.88. The molecule has 0 N–H and O–H groups in total. The summed E-state index contributed by atoms with van der Waals surface area (Å²) in [4.78, 5) is 8.82. The summed E-state index contributed by atoms with van der Waals surface area (Å²) >= 11 is 0. The second-order valence-electron chi connectivity index (χ2n) is 4.53. The summed E-state index contributed by atoms with van der Waals surface area (Å²) in [6.07, 6.45) is 0. The van der Waals surface area contributed by atoms with Crippen molar-refractivity contribution in [2.75, 3.05) is 0 Å². The molecule has 0 spiro atoms. The first kappa shape index (κ1) is 12.2. The first-order chi connectivity index (χ1) is 9.67. The standard InChI is InChI=1S/C16H10FN3/c1-10-2-7-13-14(8-10)19-15(9-18)16(20-13)11-3-5-12(17)6-4-11/h2-8H,1H3. The normalized spacial score (nSPS) is 10.4. The van der Waals surface area contributed by atoms with Gasteiger partial charge < -0.3 is 0 Å².